The van der Waals surface area contributed by atoms with Gasteiger partial charge in [-0.05, 0) is 25.1 Å². The van der Waals surface area contributed by atoms with Gasteiger partial charge in [0.1, 0.15) is 11.5 Å². The molecule has 94 valence electrons. The van der Waals surface area contributed by atoms with E-state index in [4.69, 9.17) is 0 Å². The number of aromatic hydroxyl groups is 2. The lowest BCUT2D eigenvalue weighted by atomic mass is 10.1. The fraction of sp³-hybridized carbons (Fsp3) is 0.167. The number of phenolic OH excluding ortho intramolecular Hbond substituents is 2. The number of H-pyrrole nitrogens is 1. The van der Waals surface area contributed by atoms with Gasteiger partial charge in [0.25, 0.3) is 5.91 Å². The van der Waals surface area contributed by atoms with Crippen molar-refractivity contribution in [2.45, 2.75) is 13.0 Å². The summed E-state index contributed by atoms with van der Waals surface area (Å²) in [7, 11) is 0. The predicted molar refractivity (Wildman–Crippen MR) is 64.2 cm³/mol. The van der Waals surface area contributed by atoms with E-state index in [9.17, 15) is 15.0 Å². The summed E-state index contributed by atoms with van der Waals surface area (Å²) in [6.45, 7) is 1.79. The molecular formula is C12H13N3O3. The van der Waals surface area contributed by atoms with Gasteiger partial charge >= 0.3 is 0 Å². The largest absolute Gasteiger partial charge is 0.508 e. The highest BCUT2D eigenvalue weighted by atomic mass is 16.3. The first kappa shape index (κ1) is 12.0. The molecule has 1 aromatic carbocycles. The van der Waals surface area contributed by atoms with Gasteiger partial charge in [0.15, 0.2) is 0 Å². The molecule has 0 saturated carbocycles. The Morgan fingerprint density at radius 1 is 1.44 bits per heavy atom. The summed E-state index contributed by atoms with van der Waals surface area (Å²) >= 11 is 0. The molecule has 0 bridgehead atoms. The van der Waals surface area contributed by atoms with Crippen molar-refractivity contribution in [2.24, 2.45) is 0 Å². The number of carbonyl (C=O) groups excluding carboxylic acids is 1. The average molecular weight is 247 g/mol. The number of carbonyl (C=O) groups is 1. The number of nitrogens with zero attached hydrogens (tertiary/aromatic N) is 1. The molecule has 18 heavy (non-hydrogen) atoms. The molecular weight excluding hydrogens is 234 g/mol. The third-order valence-corrected chi connectivity index (χ3v) is 2.59. The Balaban J connectivity index is 2.15. The fourth-order valence-electron chi connectivity index (χ4n) is 1.56. The molecule has 2 aromatic rings. The monoisotopic (exact) mass is 247 g/mol. The van der Waals surface area contributed by atoms with E-state index >= 15 is 0 Å². The molecule has 0 fully saturated rings. The highest BCUT2D eigenvalue weighted by Crippen LogP contribution is 2.22. The molecule has 0 aliphatic heterocycles. The number of aromatic nitrogens is 2. The molecule has 1 heterocycles. The minimum atomic E-state index is -0.461. The van der Waals surface area contributed by atoms with Gasteiger partial charge in [0, 0.05) is 11.8 Å². The van der Waals surface area contributed by atoms with Crippen LogP contribution in [0.15, 0.2) is 30.6 Å². The van der Waals surface area contributed by atoms with Crippen molar-refractivity contribution in [1.82, 2.24) is 15.5 Å². The summed E-state index contributed by atoms with van der Waals surface area (Å²) in [6, 6.07) is 3.54. The topological polar surface area (TPSA) is 98.2 Å². The molecule has 6 heteroatoms. The second-order valence-corrected chi connectivity index (χ2v) is 3.93. The van der Waals surface area contributed by atoms with Gasteiger partial charge in [0.2, 0.25) is 0 Å². The van der Waals surface area contributed by atoms with Crippen LogP contribution in [0.25, 0.3) is 0 Å². The Morgan fingerprint density at radius 3 is 2.89 bits per heavy atom. The molecule has 6 nitrogen and oxygen atoms in total. The number of hydrogen-bond acceptors (Lipinski definition) is 4. The van der Waals surface area contributed by atoms with Gasteiger partial charge < -0.3 is 15.5 Å². The van der Waals surface area contributed by atoms with Crippen LogP contribution in [0.2, 0.25) is 0 Å². The summed E-state index contributed by atoms with van der Waals surface area (Å²) in [5.74, 6) is -0.712. The number of amides is 1. The number of hydrogen-bond donors (Lipinski definition) is 4. The summed E-state index contributed by atoms with van der Waals surface area (Å²) in [6.07, 6.45) is 3.28. The second kappa shape index (κ2) is 4.79. The Morgan fingerprint density at radius 2 is 2.22 bits per heavy atom. The zero-order valence-electron chi connectivity index (χ0n) is 9.71. The van der Waals surface area contributed by atoms with Crippen molar-refractivity contribution in [3.8, 4) is 11.5 Å². The predicted octanol–water partition coefficient (Wildman–Crippen LogP) is 1.31. The number of benzene rings is 1. The first-order valence-corrected chi connectivity index (χ1v) is 5.39. The van der Waals surface area contributed by atoms with E-state index in [1.807, 2.05) is 0 Å². The zero-order valence-corrected chi connectivity index (χ0v) is 9.71. The van der Waals surface area contributed by atoms with Crippen molar-refractivity contribution < 1.29 is 15.0 Å². The molecule has 1 atom stereocenters. The second-order valence-electron chi connectivity index (χ2n) is 3.93. The van der Waals surface area contributed by atoms with Crippen molar-refractivity contribution in [1.29, 1.82) is 0 Å². The quantitative estimate of drug-likeness (QED) is 0.614. The van der Waals surface area contributed by atoms with E-state index in [2.05, 4.69) is 15.5 Å². The van der Waals surface area contributed by atoms with Crippen LogP contribution in [0, 0.1) is 0 Å². The molecule has 4 N–H and O–H groups in total. The van der Waals surface area contributed by atoms with Crippen molar-refractivity contribution in [3.05, 3.63) is 41.7 Å². The third-order valence-electron chi connectivity index (χ3n) is 2.59. The molecule has 1 amide bonds. The fourth-order valence-corrected chi connectivity index (χ4v) is 1.56. The Kier molecular flexibility index (Phi) is 3.18. The number of nitrogens with one attached hydrogen (secondary N) is 2. The van der Waals surface area contributed by atoms with Gasteiger partial charge in [-0.3, -0.25) is 9.89 Å². The van der Waals surface area contributed by atoms with Crippen LogP contribution in [0.1, 0.15) is 28.9 Å². The maximum absolute atomic E-state index is 11.9. The van der Waals surface area contributed by atoms with Gasteiger partial charge in [-0.2, -0.15) is 5.10 Å². The van der Waals surface area contributed by atoms with Gasteiger partial charge in [-0.25, -0.2) is 0 Å². The lowest BCUT2D eigenvalue weighted by Gasteiger charge is -2.12. The first-order chi connectivity index (χ1) is 8.58. The number of phenols is 2. The van der Waals surface area contributed by atoms with Crippen molar-refractivity contribution in [2.75, 3.05) is 0 Å². The summed E-state index contributed by atoms with van der Waals surface area (Å²) in [5.41, 5.74) is 0.855. The molecule has 1 aromatic heterocycles. The van der Waals surface area contributed by atoms with E-state index < -0.39 is 5.91 Å². The van der Waals surface area contributed by atoms with Crippen LogP contribution >= 0.6 is 0 Å². The third kappa shape index (κ3) is 2.42. The van der Waals surface area contributed by atoms with Crippen LogP contribution in [0.3, 0.4) is 0 Å². The molecule has 0 saturated heterocycles. The highest BCUT2D eigenvalue weighted by Gasteiger charge is 2.15. The van der Waals surface area contributed by atoms with Gasteiger partial charge in [-0.1, -0.05) is 0 Å². The molecule has 0 spiro atoms. The maximum atomic E-state index is 11.9. The van der Waals surface area contributed by atoms with E-state index in [0.717, 1.165) is 5.56 Å². The van der Waals surface area contributed by atoms with E-state index in [-0.39, 0.29) is 23.1 Å². The summed E-state index contributed by atoms with van der Waals surface area (Å²) in [4.78, 5) is 11.9. The zero-order chi connectivity index (χ0) is 13.1. The lowest BCUT2D eigenvalue weighted by Crippen LogP contribution is -2.26. The van der Waals surface area contributed by atoms with Gasteiger partial charge in [-0.15, -0.1) is 0 Å². The number of aromatic amines is 1. The molecule has 0 aliphatic carbocycles. The minimum absolute atomic E-state index is 0.0327. The van der Waals surface area contributed by atoms with Crippen LogP contribution < -0.4 is 5.32 Å². The van der Waals surface area contributed by atoms with Crippen LogP contribution in [-0.2, 0) is 0 Å². The summed E-state index contributed by atoms with van der Waals surface area (Å²) in [5, 5.41) is 28.0. The summed E-state index contributed by atoms with van der Waals surface area (Å²) < 4.78 is 0. The molecule has 1 unspecified atom stereocenters. The minimum Gasteiger partial charge on any atom is -0.508 e. The van der Waals surface area contributed by atoms with Crippen LogP contribution in [0.4, 0.5) is 0 Å². The average Bonchev–Trinajstić information content (AvgIpc) is 2.85. The van der Waals surface area contributed by atoms with Crippen LogP contribution in [0.5, 0.6) is 11.5 Å². The Hall–Kier alpha value is -2.50. The molecule has 2 rings (SSSR count). The highest BCUT2D eigenvalue weighted by molar-refractivity contribution is 5.97. The molecule has 0 radical (unpaired) electrons. The normalized spacial score (nSPS) is 12.1. The van der Waals surface area contributed by atoms with Crippen molar-refractivity contribution in [3.63, 3.8) is 0 Å². The molecule has 0 aliphatic rings. The van der Waals surface area contributed by atoms with E-state index in [1.54, 1.807) is 19.3 Å². The SMILES string of the molecule is CC(NC(=O)c1cc(O)ccc1O)c1cn[nH]c1. The van der Waals surface area contributed by atoms with Crippen molar-refractivity contribution >= 4 is 5.91 Å². The Bertz CT molecular complexity index is 552. The smallest absolute Gasteiger partial charge is 0.255 e. The maximum Gasteiger partial charge on any atom is 0.255 e. The van der Waals surface area contributed by atoms with Gasteiger partial charge in [0.05, 0.1) is 17.8 Å². The van der Waals surface area contributed by atoms with E-state index in [1.165, 1.54) is 18.2 Å². The Labute approximate surface area is 103 Å². The first-order valence-electron chi connectivity index (χ1n) is 5.39. The lowest BCUT2D eigenvalue weighted by molar-refractivity contribution is 0.0937. The number of rotatable bonds is 3. The van der Waals surface area contributed by atoms with Crippen LogP contribution in [-0.4, -0.2) is 26.3 Å². The standard InChI is InChI=1S/C12H13N3O3/c1-7(8-5-13-14-6-8)15-12(18)10-4-9(16)2-3-11(10)17/h2-7,16-17H,1H3,(H,13,14)(H,15,18). The van der Waals surface area contributed by atoms with E-state index in [0.29, 0.717) is 0 Å².